The van der Waals surface area contributed by atoms with Crippen LogP contribution in [0.4, 0.5) is 0 Å². The summed E-state index contributed by atoms with van der Waals surface area (Å²) in [5.74, 6) is -2.59. The van der Waals surface area contributed by atoms with Gasteiger partial charge < -0.3 is 24.4 Å². The van der Waals surface area contributed by atoms with Crippen LogP contribution >= 0.6 is 0 Å². The van der Waals surface area contributed by atoms with E-state index < -0.39 is 35.6 Å². The number of unbranched alkanes of at least 4 members (excludes halogenated alkanes) is 1. The third-order valence-electron chi connectivity index (χ3n) is 7.32. The van der Waals surface area contributed by atoms with Crippen LogP contribution in [0.3, 0.4) is 0 Å². The molecule has 3 fully saturated rings. The largest absolute Gasteiger partial charge is 0.465 e. The van der Waals surface area contributed by atoms with E-state index in [2.05, 4.69) is 13.2 Å². The minimum absolute atomic E-state index is 0.00408. The van der Waals surface area contributed by atoms with Gasteiger partial charge in [0.25, 0.3) is 0 Å². The molecule has 3 saturated heterocycles. The molecule has 8 nitrogen and oxygen atoms in total. The van der Waals surface area contributed by atoms with Crippen LogP contribution in [0.25, 0.3) is 0 Å². The van der Waals surface area contributed by atoms with Crippen LogP contribution in [0.5, 0.6) is 0 Å². The van der Waals surface area contributed by atoms with Crippen molar-refractivity contribution in [2.75, 3.05) is 26.3 Å². The quantitative estimate of drug-likeness (QED) is 0.278. The molecule has 0 aromatic heterocycles. The van der Waals surface area contributed by atoms with Crippen molar-refractivity contribution in [2.45, 2.75) is 50.0 Å². The summed E-state index contributed by atoms with van der Waals surface area (Å²) >= 11 is 0. The number of benzene rings is 1. The summed E-state index contributed by atoms with van der Waals surface area (Å²) in [5, 5.41) is 9.72. The number of amides is 2. The van der Waals surface area contributed by atoms with Crippen LogP contribution in [0.1, 0.15) is 31.2 Å². The van der Waals surface area contributed by atoms with E-state index in [9.17, 15) is 19.5 Å². The first-order chi connectivity index (χ1) is 17.0. The number of β-amino-alcohol motifs (C(OH)–C–C–N with tert-alkyl or cyclic N) is 1. The van der Waals surface area contributed by atoms with E-state index in [0.29, 0.717) is 32.4 Å². The molecule has 5 atom stereocenters. The molecule has 1 aromatic carbocycles. The summed E-state index contributed by atoms with van der Waals surface area (Å²) in [4.78, 5) is 43.8. The molecule has 1 spiro atoms. The van der Waals surface area contributed by atoms with Crippen LogP contribution in [0.15, 0.2) is 55.6 Å². The smallest absolute Gasteiger partial charge is 0.312 e. The molecule has 188 valence electrons. The number of nitrogens with zero attached hydrogens (tertiary/aromatic N) is 2. The number of fused-ring (bicyclic) bond motifs is 1. The fraction of sp³-hybridized carbons (Fsp3) is 0.519. The Bertz CT molecular complexity index is 966. The highest BCUT2D eigenvalue weighted by atomic mass is 16.6. The zero-order chi connectivity index (χ0) is 25.0. The number of carbonyl (C=O) groups excluding carboxylic acids is 3. The van der Waals surface area contributed by atoms with Gasteiger partial charge in [-0.3, -0.25) is 14.4 Å². The average Bonchev–Trinajstić information content (AvgIpc) is 3.50. The Kier molecular flexibility index (Phi) is 7.72. The second-order valence-electron chi connectivity index (χ2n) is 9.40. The van der Waals surface area contributed by atoms with Crippen molar-refractivity contribution in [3.8, 4) is 0 Å². The summed E-state index contributed by atoms with van der Waals surface area (Å²) in [6.07, 6.45) is 5.42. The zero-order valence-corrected chi connectivity index (χ0v) is 20.0. The highest BCUT2D eigenvalue weighted by molar-refractivity contribution is 5.98. The molecule has 0 aliphatic carbocycles. The van der Waals surface area contributed by atoms with Gasteiger partial charge in [0.2, 0.25) is 11.8 Å². The molecule has 3 heterocycles. The normalized spacial score (nSPS) is 28.6. The third-order valence-corrected chi connectivity index (χ3v) is 7.32. The molecule has 2 unspecified atom stereocenters. The van der Waals surface area contributed by atoms with Gasteiger partial charge in [-0.1, -0.05) is 42.5 Å². The van der Waals surface area contributed by atoms with Gasteiger partial charge in [0.05, 0.1) is 31.2 Å². The molecule has 3 aliphatic heterocycles. The van der Waals surface area contributed by atoms with Gasteiger partial charge in [0.15, 0.2) is 0 Å². The maximum absolute atomic E-state index is 14.0. The molecular formula is C27H34N2O6. The first-order valence-corrected chi connectivity index (χ1v) is 12.3. The number of aliphatic hydroxyl groups is 1. The minimum atomic E-state index is -1.10. The number of hydrogen-bond acceptors (Lipinski definition) is 6. The predicted molar refractivity (Wildman–Crippen MR) is 129 cm³/mol. The Labute approximate surface area is 206 Å². The van der Waals surface area contributed by atoms with Crippen LogP contribution in [0, 0.1) is 11.8 Å². The first kappa shape index (κ1) is 25.1. The summed E-state index contributed by atoms with van der Waals surface area (Å²) in [5.41, 5.74) is -0.151. The van der Waals surface area contributed by atoms with Crippen molar-refractivity contribution in [3.63, 3.8) is 0 Å². The van der Waals surface area contributed by atoms with Gasteiger partial charge in [-0.25, -0.2) is 0 Å². The molecule has 4 rings (SSSR count). The van der Waals surface area contributed by atoms with Gasteiger partial charge in [-0.15, -0.1) is 13.2 Å². The number of allylic oxidation sites excluding steroid dienone is 1. The lowest BCUT2D eigenvalue weighted by atomic mass is 9.70. The fourth-order valence-corrected chi connectivity index (χ4v) is 5.91. The van der Waals surface area contributed by atoms with E-state index in [1.807, 2.05) is 30.3 Å². The molecule has 0 radical (unpaired) electrons. The van der Waals surface area contributed by atoms with Gasteiger partial charge in [-0.2, -0.15) is 0 Å². The molecule has 1 aromatic rings. The second-order valence-corrected chi connectivity index (χ2v) is 9.40. The van der Waals surface area contributed by atoms with E-state index in [4.69, 9.17) is 9.47 Å². The summed E-state index contributed by atoms with van der Waals surface area (Å²) in [6.45, 7) is 8.06. The van der Waals surface area contributed by atoms with Gasteiger partial charge in [0.1, 0.15) is 11.6 Å². The first-order valence-electron chi connectivity index (χ1n) is 12.3. The van der Waals surface area contributed by atoms with E-state index in [1.165, 1.54) is 4.90 Å². The lowest BCUT2D eigenvalue weighted by Gasteiger charge is -2.36. The minimum Gasteiger partial charge on any atom is -0.465 e. The van der Waals surface area contributed by atoms with E-state index in [-0.39, 0.29) is 31.6 Å². The van der Waals surface area contributed by atoms with Crippen molar-refractivity contribution in [1.29, 1.82) is 0 Å². The van der Waals surface area contributed by atoms with Crippen molar-refractivity contribution >= 4 is 17.8 Å². The summed E-state index contributed by atoms with van der Waals surface area (Å²) in [6, 6.07) is 8.68. The van der Waals surface area contributed by atoms with E-state index in [1.54, 1.807) is 17.1 Å². The predicted octanol–water partition coefficient (Wildman–Crippen LogP) is 2.08. The lowest BCUT2D eigenvalue weighted by molar-refractivity contribution is -0.155. The van der Waals surface area contributed by atoms with Crippen LogP contribution in [-0.2, 0) is 30.4 Å². The number of aliphatic hydroxyl groups excluding tert-OH is 1. The molecule has 3 aliphatic rings. The average molecular weight is 483 g/mol. The van der Waals surface area contributed by atoms with Crippen LogP contribution in [-0.4, -0.2) is 76.7 Å². The van der Waals surface area contributed by atoms with E-state index >= 15 is 0 Å². The van der Waals surface area contributed by atoms with E-state index in [0.717, 1.165) is 12.0 Å². The van der Waals surface area contributed by atoms with Crippen LogP contribution in [0.2, 0.25) is 0 Å². The number of likely N-dealkylation sites (tertiary alicyclic amines) is 1. The number of esters is 1. The zero-order valence-electron chi connectivity index (χ0n) is 20.0. The number of carbonyl (C=O) groups is 3. The van der Waals surface area contributed by atoms with Gasteiger partial charge >= 0.3 is 5.97 Å². The summed E-state index contributed by atoms with van der Waals surface area (Å²) in [7, 11) is 0. The van der Waals surface area contributed by atoms with Crippen molar-refractivity contribution in [3.05, 3.63) is 61.2 Å². The monoisotopic (exact) mass is 482 g/mol. The molecule has 35 heavy (non-hydrogen) atoms. The SMILES string of the molecule is C=CCCCOC(=O)[C@@H]1[C@@H]2CCC3(O2)C(C(=O)N(CC=C)Cc2ccccc2)N(CCO)C(=O)[C@H]13. The Hall–Kier alpha value is -2.97. The maximum Gasteiger partial charge on any atom is 0.312 e. The van der Waals surface area contributed by atoms with Crippen molar-refractivity contribution in [2.24, 2.45) is 11.8 Å². The molecular weight excluding hydrogens is 448 g/mol. The maximum atomic E-state index is 14.0. The number of rotatable bonds is 12. The molecule has 1 N–H and O–H groups in total. The molecule has 2 amide bonds. The van der Waals surface area contributed by atoms with Gasteiger partial charge in [0, 0.05) is 19.6 Å². The Morgan fingerprint density at radius 1 is 1.26 bits per heavy atom. The van der Waals surface area contributed by atoms with Crippen LogP contribution < -0.4 is 0 Å². The third kappa shape index (κ3) is 4.52. The lowest BCUT2D eigenvalue weighted by Crippen LogP contribution is -2.56. The highest BCUT2D eigenvalue weighted by Crippen LogP contribution is 2.58. The fourth-order valence-electron chi connectivity index (χ4n) is 5.91. The Morgan fingerprint density at radius 3 is 2.71 bits per heavy atom. The number of hydrogen-bond donors (Lipinski definition) is 1. The Morgan fingerprint density at radius 2 is 2.03 bits per heavy atom. The van der Waals surface area contributed by atoms with Crippen molar-refractivity contribution in [1.82, 2.24) is 9.80 Å². The molecule has 2 bridgehead atoms. The summed E-state index contributed by atoms with van der Waals surface area (Å²) < 4.78 is 11.9. The standard InChI is InChI=1S/C27H34N2O6/c1-3-5-9-17-34-26(33)21-20-12-13-27(35-20)22(21)24(31)29(15-16-30)23(27)25(32)28(14-4-2)18-19-10-7-6-8-11-19/h3-4,6-8,10-11,20-23,30H,1-2,5,9,12-18H2/t20-,21+,22-,23?,27?/m0/s1. The van der Waals surface area contributed by atoms with Crippen molar-refractivity contribution < 1.29 is 29.0 Å². The molecule has 8 heteroatoms. The second kappa shape index (κ2) is 10.7. The topological polar surface area (TPSA) is 96.4 Å². The van der Waals surface area contributed by atoms with Gasteiger partial charge in [-0.05, 0) is 31.2 Å². The molecule has 0 saturated carbocycles. The Balaban J connectivity index is 1.62. The highest BCUT2D eigenvalue weighted by Gasteiger charge is 2.75. The number of ether oxygens (including phenoxy) is 2.